The third-order valence-electron chi connectivity index (χ3n) is 4.99. The normalized spacial score (nSPS) is 11.0. The molecule has 6 nitrogen and oxygen atoms in total. The van der Waals surface area contributed by atoms with Crippen LogP contribution >= 0.6 is 0 Å². The summed E-state index contributed by atoms with van der Waals surface area (Å²) in [6.45, 7) is 5.82. The Morgan fingerprint density at radius 1 is 1.03 bits per heavy atom. The summed E-state index contributed by atoms with van der Waals surface area (Å²) < 4.78 is 6.74. The molecule has 2 aromatic carbocycles. The zero-order chi connectivity index (χ0) is 22.5. The number of anilines is 1. The third kappa shape index (κ3) is 4.73. The van der Waals surface area contributed by atoms with Crippen LogP contribution in [0.5, 0.6) is 0 Å². The van der Waals surface area contributed by atoms with Gasteiger partial charge in [0.2, 0.25) is 0 Å². The molecule has 3 rings (SSSR count). The Balaban J connectivity index is 1.90. The highest BCUT2D eigenvalue weighted by molar-refractivity contribution is 6.09. The summed E-state index contributed by atoms with van der Waals surface area (Å²) in [4.78, 5) is 24.2. The average Bonchev–Trinajstić information content (AvgIpc) is 3.05. The van der Waals surface area contributed by atoms with Crippen molar-refractivity contribution in [1.29, 1.82) is 5.26 Å². The van der Waals surface area contributed by atoms with Gasteiger partial charge in [0.15, 0.2) is 0 Å². The van der Waals surface area contributed by atoms with E-state index in [1.807, 2.05) is 61.7 Å². The fourth-order valence-corrected chi connectivity index (χ4v) is 3.33. The first kappa shape index (κ1) is 21.6. The predicted octanol–water partition coefficient (Wildman–Crippen LogP) is 4.73. The van der Waals surface area contributed by atoms with E-state index >= 15 is 0 Å². The van der Waals surface area contributed by atoms with Gasteiger partial charge >= 0.3 is 5.97 Å². The van der Waals surface area contributed by atoms with Crippen molar-refractivity contribution >= 4 is 23.6 Å². The number of nitrogens with zero attached hydrogens (tertiary/aromatic N) is 2. The third-order valence-corrected chi connectivity index (χ3v) is 4.99. The fourth-order valence-electron chi connectivity index (χ4n) is 3.33. The number of hydrogen-bond acceptors (Lipinski definition) is 4. The Morgan fingerprint density at radius 2 is 1.68 bits per heavy atom. The minimum atomic E-state index is -0.460. The molecule has 0 aliphatic heterocycles. The summed E-state index contributed by atoms with van der Waals surface area (Å²) in [5.41, 5.74) is 5.64. The Labute approximate surface area is 181 Å². The molecule has 0 unspecified atom stereocenters. The molecular weight excluding hydrogens is 390 g/mol. The SMILES string of the molecule is COC(=O)c1ccc(-n2c(C)cc(/C=C(\C#N)C(=O)Nc3ccc(C)cc3)c2C)cc1. The van der Waals surface area contributed by atoms with Gasteiger partial charge in [-0.3, -0.25) is 4.79 Å². The van der Waals surface area contributed by atoms with E-state index in [1.54, 1.807) is 30.3 Å². The van der Waals surface area contributed by atoms with E-state index in [4.69, 9.17) is 4.74 Å². The van der Waals surface area contributed by atoms with Gasteiger partial charge in [-0.1, -0.05) is 17.7 Å². The van der Waals surface area contributed by atoms with Crippen molar-refractivity contribution in [3.8, 4) is 11.8 Å². The highest BCUT2D eigenvalue weighted by Crippen LogP contribution is 2.23. The van der Waals surface area contributed by atoms with Crippen LogP contribution in [-0.2, 0) is 9.53 Å². The molecule has 1 N–H and O–H groups in total. The molecule has 0 atom stereocenters. The molecule has 0 radical (unpaired) electrons. The van der Waals surface area contributed by atoms with Crippen molar-refractivity contribution in [3.05, 3.63) is 88.2 Å². The number of aryl methyl sites for hydroxylation is 2. The van der Waals surface area contributed by atoms with Crippen LogP contribution in [-0.4, -0.2) is 23.6 Å². The fraction of sp³-hybridized carbons (Fsp3) is 0.160. The van der Waals surface area contributed by atoms with E-state index in [1.165, 1.54) is 7.11 Å². The second kappa shape index (κ2) is 9.14. The lowest BCUT2D eigenvalue weighted by Gasteiger charge is -2.10. The van der Waals surface area contributed by atoms with Crippen molar-refractivity contribution in [3.63, 3.8) is 0 Å². The van der Waals surface area contributed by atoms with Crippen LogP contribution in [0.1, 0.15) is 32.9 Å². The molecule has 156 valence electrons. The van der Waals surface area contributed by atoms with Gasteiger partial charge in [0, 0.05) is 22.8 Å². The van der Waals surface area contributed by atoms with Crippen LogP contribution in [0.4, 0.5) is 5.69 Å². The maximum atomic E-state index is 12.6. The molecule has 31 heavy (non-hydrogen) atoms. The molecule has 1 aromatic heterocycles. The van der Waals surface area contributed by atoms with Gasteiger partial charge in [-0.15, -0.1) is 0 Å². The van der Waals surface area contributed by atoms with Crippen LogP contribution < -0.4 is 5.32 Å². The summed E-state index contributed by atoms with van der Waals surface area (Å²) in [6, 6.07) is 18.3. The maximum Gasteiger partial charge on any atom is 0.337 e. The lowest BCUT2D eigenvalue weighted by Crippen LogP contribution is -2.13. The lowest BCUT2D eigenvalue weighted by molar-refractivity contribution is -0.112. The van der Waals surface area contributed by atoms with E-state index in [2.05, 4.69) is 5.32 Å². The number of hydrogen-bond donors (Lipinski definition) is 1. The van der Waals surface area contributed by atoms with Gasteiger partial charge in [0.05, 0.1) is 12.7 Å². The minimum Gasteiger partial charge on any atom is -0.465 e. The van der Waals surface area contributed by atoms with Crippen molar-refractivity contribution < 1.29 is 14.3 Å². The number of methoxy groups -OCH3 is 1. The van der Waals surface area contributed by atoms with E-state index in [0.717, 1.165) is 28.2 Å². The van der Waals surface area contributed by atoms with E-state index < -0.39 is 11.9 Å². The Hall–Kier alpha value is -4.11. The first-order valence-electron chi connectivity index (χ1n) is 9.71. The standard InChI is InChI=1S/C25H23N3O3/c1-16-5-9-22(10-6-16)27-24(29)21(15-26)14-20-13-17(2)28(18(20)3)23-11-7-19(8-12-23)25(30)31-4/h5-14H,1-4H3,(H,27,29)/b21-14+. The van der Waals surface area contributed by atoms with Crippen LogP contribution in [0, 0.1) is 32.1 Å². The molecule has 0 bridgehead atoms. The molecule has 0 spiro atoms. The van der Waals surface area contributed by atoms with Gasteiger partial charge < -0.3 is 14.6 Å². The lowest BCUT2D eigenvalue weighted by atomic mass is 10.1. The Morgan fingerprint density at radius 3 is 2.26 bits per heavy atom. The predicted molar refractivity (Wildman–Crippen MR) is 120 cm³/mol. The smallest absolute Gasteiger partial charge is 0.337 e. The van der Waals surface area contributed by atoms with Gasteiger partial charge in [0.1, 0.15) is 11.6 Å². The highest BCUT2D eigenvalue weighted by atomic mass is 16.5. The van der Waals surface area contributed by atoms with Gasteiger partial charge in [0.25, 0.3) is 5.91 Å². The van der Waals surface area contributed by atoms with E-state index in [-0.39, 0.29) is 5.57 Å². The number of carbonyl (C=O) groups excluding carboxylic acids is 2. The molecule has 0 saturated carbocycles. The van der Waals surface area contributed by atoms with Crippen molar-refractivity contribution in [2.24, 2.45) is 0 Å². The summed E-state index contributed by atoms with van der Waals surface area (Å²) in [7, 11) is 1.34. The van der Waals surface area contributed by atoms with Gasteiger partial charge in [-0.2, -0.15) is 5.26 Å². The number of amides is 1. The molecule has 6 heteroatoms. The van der Waals surface area contributed by atoms with Crippen molar-refractivity contribution in [1.82, 2.24) is 4.57 Å². The number of nitrogens with one attached hydrogen (secondary N) is 1. The van der Waals surface area contributed by atoms with E-state index in [0.29, 0.717) is 11.3 Å². The Bertz CT molecular complexity index is 1190. The zero-order valence-electron chi connectivity index (χ0n) is 17.9. The largest absolute Gasteiger partial charge is 0.465 e. The minimum absolute atomic E-state index is 0.0156. The molecular formula is C25H23N3O3. The molecule has 0 fully saturated rings. The number of ether oxygens (including phenoxy) is 1. The number of benzene rings is 2. The molecule has 1 amide bonds. The number of esters is 1. The second-order valence-electron chi connectivity index (χ2n) is 7.19. The summed E-state index contributed by atoms with van der Waals surface area (Å²) in [6.07, 6.45) is 1.59. The number of aromatic nitrogens is 1. The first-order valence-corrected chi connectivity index (χ1v) is 9.71. The van der Waals surface area contributed by atoms with Crippen molar-refractivity contribution in [2.75, 3.05) is 12.4 Å². The summed E-state index contributed by atoms with van der Waals surface area (Å²) >= 11 is 0. The van der Waals surface area contributed by atoms with E-state index in [9.17, 15) is 14.9 Å². The van der Waals surface area contributed by atoms with Crippen LogP contribution in [0.2, 0.25) is 0 Å². The zero-order valence-corrected chi connectivity index (χ0v) is 17.9. The van der Waals surface area contributed by atoms with Gasteiger partial charge in [-0.25, -0.2) is 4.79 Å². The molecule has 3 aromatic rings. The number of carbonyl (C=O) groups is 2. The summed E-state index contributed by atoms with van der Waals surface area (Å²) in [5, 5.41) is 12.3. The highest BCUT2D eigenvalue weighted by Gasteiger charge is 2.14. The second-order valence-corrected chi connectivity index (χ2v) is 7.19. The molecule has 0 saturated heterocycles. The maximum absolute atomic E-state index is 12.6. The molecule has 1 heterocycles. The number of rotatable bonds is 5. The van der Waals surface area contributed by atoms with Gasteiger partial charge in [-0.05, 0) is 74.9 Å². The van der Waals surface area contributed by atoms with Crippen LogP contribution in [0.3, 0.4) is 0 Å². The van der Waals surface area contributed by atoms with Crippen molar-refractivity contribution in [2.45, 2.75) is 20.8 Å². The monoisotopic (exact) mass is 413 g/mol. The summed E-state index contributed by atoms with van der Waals surface area (Å²) in [5.74, 6) is -0.854. The molecule has 0 aliphatic carbocycles. The average molecular weight is 413 g/mol. The van der Waals surface area contributed by atoms with Crippen LogP contribution in [0.25, 0.3) is 11.8 Å². The first-order chi connectivity index (χ1) is 14.8. The Kier molecular flexibility index (Phi) is 6.37. The topological polar surface area (TPSA) is 84.1 Å². The molecule has 0 aliphatic rings. The number of nitriles is 1. The quantitative estimate of drug-likeness (QED) is 0.372. The van der Waals surface area contributed by atoms with Crippen LogP contribution in [0.15, 0.2) is 60.2 Å².